The zero-order chi connectivity index (χ0) is 13.1. The molecule has 1 aromatic rings. The monoisotopic (exact) mass is 271 g/mol. The third kappa shape index (κ3) is 2.81. The predicted molar refractivity (Wildman–Crippen MR) is 65.5 cm³/mol. The molecule has 1 aliphatic heterocycles. The lowest BCUT2D eigenvalue weighted by Crippen LogP contribution is -2.40. The molecular formula is C12H14ClNO4. The molecule has 0 radical (unpaired) electrons. The topological polar surface area (TPSA) is 78.8 Å². The summed E-state index contributed by atoms with van der Waals surface area (Å²) in [4.78, 5) is 10.8. The van der Waals surface area contributed by atoms with Crippen molar-refractivity contribution >= 4 is 17.6 Å². The first-order chi connectivity index (χ1) is 8.59. The number of carbonyl (C=O) groups is 1. The molecule has 0 aliphatic carbocycles. The van der Waals surface area contributed by atoms with Crippen LogP contribution in [0.15, 0.2) is 24.3 Å². The van der Waals surface area contributed by atoms with Gasteiger partial charge in [-0.25, -0.2) is 0 Å². The highest BCUT2D eigenvalue weighted by molar-refractivity contribution is 6.31. The van der Waals surface area contributed by atoms with Crippen molar-refractivity contribution in [2.24, 2.45) is 0 Å². The van der Waals surface area contributed by atoms with Gasteiger partial charge in [0.1, 0.15) is 12.1 Å². The quantitative estimate of drug-likeness (QED) is 0.749. The van der Waals surface area contributed by atoms with E-state index in [-0.39, 0.29) is 6.61 Å². The van der Waals surface area contributed by atoms with Crippen molar-refractivity contribution in [2.75, 3.05) is 6.54 Å². The van der Waals surface area contributed by atoms with Crippen molar-refractivity contribution < 1.29 is 19.7 Å². The summed E-state index contributed by atoms with van der Waals surface area (Å²) in [5, 5.41) is 21.9. The Balaban J connectivity index is 1.92. The summed E-state index contributed by atoms with van der Waals surface area (Å²) < 4.78 is 5.50. The third-order valence-electron chi connectivity index (χ3n) is 2.94. The highest BCUT2D eigenvalue weighted by Gasteiger charge is 2.39. The van der Waals surface area contributed by atoms with Crippen molar-refractivity contribution in [1.29, 1.82) is 0 Å². The number of aliphatic hydroxyl groups is 1. The lowest BCUT2D eigenvalue weighted by Gasteiger charge is -2.17. The summed E-state index contributed by atoms with van der Waals surface area (Å²) in [7, 11) is 0. The summed E-state index contributed by atoms with van der Waals surface area (Å²) in [6.07, 6.45) is -1.59. The molecule has 3 atom stereocenters. The molecule has 5 nitrogen and oxygen atoms in total. The maximum atomic E-state index is 10.8. The summed E-state index contributed by atoms with van der Waals surface area (Å²) in [5.74, 6) is -1.08. The zero-order valence-corrected chi connectivity index (χ0v) is 10.3. The molecule has 1 fully saturated rings. The first-order valence-electron chi connectivity index (χ1n) is 5.59. The van der Waals surface area contributed by atoms with Crippen LogP contribution in [0, 0.1) is 0 Å². The lowest BCUT2D eigenvalue weighted by molar-refractivity contribution is -0.142. The van der Waals surface area contributed by atoms with Gasteiger partial charge in [0, 0.05) is 11.6 Å². The number of halogens is 1. The molecule has 18 heavy (non-hydrogen) atoms. The second-order valence-electron chi connectivity index (χ2n) is 4.16. The molecule has 0 saturated carbocycles. The van der Waals surface area contributed by atoms with E-state index in [4.69, 9.17) is 21.4 Å². The number of benzene rings is 1. The minimum absolute atomic E-state index is 0.245. The van der Waals surface area contributed by atoms with Crippen molar-refractivity contribution in [3.63, 3.8) is 0 Å². The first-order valence-corrected chi connectivity index (χ1v) is 5.96. The molecule has 6 heteroatoms. The van der Waals surface area contributed by atoms with E-state index < -0.39 is 24.2 Å². The molecule has 1 aromatic carbocycles. The number of carboxylic acids is 1. The summed E-state index contributed by atoms with van der Waals surface area (Å²) in [5.41, 5.74) is 0.810. The Morgan fingerprint density at radius 1 is 1.50 bits per heavy atom. The molecule has 2 unspecified atom stereocenters. The molecule has 0 spiro atoms. The van der Waals surface area contributed by atoms with E-state index in [1.165, 1.54) is 0 Å². The SMILES string of the molecule is O=C(O)[C@H]1NCC(OCc2ccccc2Cl)C1O. The molecule has 2 rings (SSSR count). The minimum atomic E-state index is -1.08. The second-order valence-corrected chi connectivity index (χ2v) is 4.56. The summed E-state index contributed by atoms with van der Waals surface area (Å²) in [6.45, 7) is 0.554. The number of ether oxygens (including phenoxy) is 1. The van der Waals surface area contributed by atoms with Gasteiger partial charge in [-0.05, 0) is 11.6 Å². The van der Waals surface area contributed by atoms with Gasteiger partial charge in [0.2, 0.25) is 0 Å². The number of nitrogens with one attached hydrogen (secondary N) is 1. The summed E-state index contributed by atoms with van der Waals surface area (Å²) >= 11 is 5.97. The molecule has 1 aliphatic rings. The van der Waals surface area contributed by atoms with E-state index >= 15 is 0 Å². The number of rotatable bonds is 4. The van der Waals surface area contributed by atoms with E-state index in [1.54, 1.807) is 6.07 Å². The number of aliphatic hydroxyl groups excluding tert-OH is 1. The van der Waals surface area contributed by atoms with Crippen LogP contribution >= 0.6 is 11.6 Å². The van der Waals surface area contributed by atoms with E-state index in [9.17, 15) is 9.90 Å². The van der Waals surface area contributed by atoms with Crippen molar-refractivity contribution in [3.05, 3.63) is 34.9 Å². The van der Waals surface area contributed by atoms with Crippen LogP contribution in [0.4, 0.5) is 0 Å². The van der Waals surface area contributed by atoms with Gasteiger partial charge < -0.3 is 14.9 Å². The highest BCUT2D eigenvalue weighted by Crippen LogP contribution is 2.19. The molecule has 98 valence electrons. The lowest BCUT2D eigenvalue weighted by atomic mass is 10.1. The van der Waals surface area contributed by atoms with E-state index in [1.807, 2.05) is 18.2 Å². The standard InChI is InChI=1S/C12H14ClNO4/c13-8-4-2-1-3-7(8)6-18-9-5-14-10(11(9)15)12(16)17/h1-4,9-11,14-15H,5-6H2,(H,16,17)/t9?,10-,11?/m0/s1. The number of hydrogen-bond acceptors (Lipinski definition) is 4. The molecule has 0 amide bonds. The maximum absolute atomic E-state index is 10.8. The third-order valence-corrected chi connectivity index (χ3v) is 3.31. The fraction of sp³-hybridized carbons (Fsp3) is 0.417. The van der Waals surface area contributed by atoms with E-state index in [2.05, 4.69) is 5.32 Å². The van der Waals surface area contributed by atoms with Gasteiger partial charge in [0.25, 0.3) is 0 Å². The van der Waals surface area contributed by atoms with Gasteiger partial charge in [0.15, 0.2) is 0 Å². The molecule has 0 aromatic heterocycles. The van der Waals surface area contributed by atoms with Crippen molar-refractivity contribution in [3.8, 4) is 0 Å². The van der Waals surface area contributed by atoms with Crippen molar-refractivity contribution in [1.82, 2.24) is 5.32 Å². The van der Waals surface area contributed by atoms with Crippen molar-refractivity contribution in [2.45, 2.75) is 24.9 Å². The number of carboxylic acid groups (broad SMARTS) is 1. The van der Waals surface area contributed by atoms with Gasteiger partial charge in [-0.1, -0.05) is 29.8 Å². The zero-order valence-electron chi connectivity index (χ0n) is 9.54. The van der Waals surface area contributed by atoms with Crippen LogP contribution in [-0.2, 0) is 16.1 Å². The smallest absolute Gasteiger partial charge is 0.323 e. The highest BCUT2D eigenvalue weighted by atomic mass is 35.5. The van der Waals surface area contributed by atoms with Crippen LogP contribution < -0.4 is 5.32 Å². The Labute approximate surface area is 109 Å². The van der Waals surface area contributed by atoms with Gasteiger partial charge in [-0.3, -0.25) is 10.1 Å². The van der Waals surface area contributed by atoms with Crippen LogP contribution in [0.25, 0.3) is 0 Å². The maximum Gasteiger partial charge on any atom is 0.323 e. The molecule has 3 N–H and O–H groups in total. The van der Waals surface area contributed by atoms with Gasteiger partial charge in [-0.15, -0.1) is 0 Å². The normalized spacial score (nSPS) is 27.3. The van der Waals surface area contributed by atoms with Gasteiger partial charge in [-0.2, -0.15) is 0 Å². The summed E-state index contributed by atoms with van der Waals surface area (Å²) in [6, 6.07) is 6.27. The Morgan fingerprint density at radius 3 is 2.83 bits per heavy atom. The predicted octanol–water partition coefficient (Wildman–Crippen LogP) is 0.642. The van der Waals surface area contributed by atoms with Crippen LogP contribution in [0.3, 0.4) is 0 Å². The minimum Gasteiger partial charge on any atom is -0.480 e. The average Bonchev–Trinajstić information content (AvgIpc) is 2.70. The molecule has 0 bridgehead atoms. The number of hydrogen-bond donors (Lipinski definition) is 3. The fourth-order valence-electron chi connectivity index (χ4n) is 1.90. The van der Waals surface area contributed by atoms with E-state index in [0.29, 0.717) is 11.6 Å². The van der Waals surface area contributed by atoms with Gasteiger partial charge in [0.05, 0.1) is 12.7 Å². The first kappa shape index (κ1) is 13.3. The Kier molecular flexibility index (Phi) is 4.19. The largest absolute Gasteiger partial charge is 0.480 e. The fourth-order valence-corrected chi connectivity index (χ4v) is 2.09. The van der Waals surface area contributed by atoms with Crippen LogP contribution in [0.1, 0.15) is 5.56 Å². The van der Waals surface area contributed by atoms with Crippen LogP contribution in [0.2, 0.25) is 5.02 Å². The molecule has 1 heterocycles. The Morgan fingerprint density at radius 2 is 2.22 bits per heavy atom. The average molecular weight is 272 g/mol. The Bertz CT molecular complexity index is 440. The van der Waals surface area contributed by atoms with Crippen LogP contribution in [-0.4, -0.2) is 41.0 Å². The second kappa shape index (κ2) is 5.67. The van der Waals surface area contributed by atoms with Crippen LogP contribution in [0.5, 0.6) is 0 Å². The van der Waals surface area contributed by atoms with E-state index in [0.717, 1.165) is 5.56 Å². The number of aliphatic carboxylic acids is 1. The van der Waals surface area contributed by atoms with Gasteiger partial charge >= 0.3 is 5.97 Å². The molecule has 1 saturated heterocycles. The Hall–Kier alpha value is -1.14. The molecular weight excluding hydrogens is 258 g/mol.